The molecule has 2 aromatic carbocycles. The summed E-state index contributed by atoms with van der Waals surface area (Å²) >= 11 is 7.49. The number of fused-ring (bicyclic) bond motifs is 1. The van der Waals surface area contributed by atoms with Crippen LogP contribution in [0.3, 0.4) is 0 Å². The van der Waals surface area contributed by atoms with E-state index in [2.05, 4.69) is 4.98 Å². The number of carbonyl (C=O) groups is 1. The van der Waals surface area contributed by atoms with Crippen LogP contribution in [0.15, 0.2) is 60.8 Å². The molecule has 0 atom stereocenters. The molecule has 0 amide bonds. The zero-order valence-corrected chi connectivity index (χ0v) is 13.5. The third-order valence-corrected chi connectivity index (χ3v) is 4.93. The average Bonchev–Trinajstić information content (AvgIpc) is 3.14. The first-order chi connectivity index (χ1) is 11.3. The van der Waals surface area contributed by atoms with Crippen molar-refractivity contribution >= 4 is 34.2 Å². The maximum atomic E-state index is 11.6. The number of aromatic nitrogens is 2. The number of imidazole rings is 1. The number of nitrogens with zero attached hydrogens (tertiary/aromatic N) is 2. The van der Waals surface area contributed by atoms with Crippen molar-refractivity contribution in [2.75, 3.05) is 0 Å². The van der Waals surface area contributed by atoms with Crippen molar-refractivity contribution in [1.82, 2.24) is 9.38 Å². The van der Waals surface area contributed by atoms with E-state index in [0.29, 0.717) is 16.4 Å². The standard InChI is InChI=1S/C18H11ClN2OS/c19-14-8-6-13(7-9-14)17-15(11-22)21-10-16(23-18(21)20-17)12-4-2-1-3-5-12/h1-11H. The molecule has 0 unspecified atom stereocenters. The Kier molecular flexibility index (Phi) is 3.48. The molecule has 0 aliphatic carbocycles. The molecule has 0 N–H and O–H groups in total. The minimum absolute atomic E-state index is 0.556. The van der Waals surface area contributed by atoms with Gasteiger partial charge >= 0.3 is 0 Å². The van der Waals surface area contributed by atoms with E-state index in [1.807, 2.05) is 53.1 Å². The summed E-state index contributed by atoms with van der Waals surface area (Å²) < 4.78 is 1.85. The Morgan fingerprint density at radius 2 is 1.74 bits per heavy atom. The topological polar surface area (TPSA) is 34.4 Å². The number of benzene rings is 2. The molecule has 2 aromatic heterocycles. The third-order valence-electron chi connectivity index (χ3n) is 3.65. The molecule has 4 aromatic rings. The second-order valence-electron chi connectivity index (χ2n) is 5.08. The molecule has 0 fully saturated rings. The fraction of sp³-hybridized carbons (Fsp3) is 0. The Morgan fingerprint density at radius 3 is 2.43 bits per heavy atom. The predicted octanol–water partition coefficient (Wildman–Crippen LogP) is 5.20. The van der Waals surface area contributed by atoms with Crippen LogP contribution in [-0.4, -0.2) is 15.7 Å². The molecule has 0 aliphatic rings. The molecule has 0 bridgehead atoms. The highest BCUT2D eigenvalue weighted by Gasteiger charge is 2.16. The fourth-order valence-corrected chi connectivity index (χ4v) is 3.65. The maximum absolute atomic E-state index is 11.6. The Bertz CT molecular complexity index is 987. The lowest BCUT2D eigenvalue weighted by atomic mass is 10.1. The van der Waals surface area contributed by atoms with Crippen molar-refractivity contribution in [3.63, 3.8) is 0 Å². The number of halogens is 1. The van der Waals surface area contributed by atoms with Gasteiger partial charge in [0.05, 0.1) is 4.88 Å². The summed E-state index contributed by atoms with van der Waals surface area (Å²) in [5.74, 6) is 0. The Morgan fingerprint density at radius 1 is 1.00 bits per heavy atom. The number of thiazole rings is 1. The number of hydrogen-bond acceptors (Lipinski definition) is 3. The van der Waals surface area contributed by atoms with Gasteiger partial charge in [0.1, 0.15) is 11.4 Å². The summed E-state index contributed by atoms with van der Waals surface area (Å²) in [6, 6.07) is 17.4. The number of aldehydes is 1. The van der Waals surface area contributed by atoms with Gasteiger partial charge in [0.15, 0.2) is 11.2 Å². The minimum atomic E-state index is 0.556. The van der Waals surface area contributed by atoms with Gasteiger partial charge in [0.2, 0.25) is 0 Å². The Balaban J connectivity index is 1.87. The monoisotopic (exact) mass is 338 g/mol. The molecule has 0 saturated heterocycles. The van der Waals surface area contributed by atoms with Crippen LogP contribution in [-0.2, 0) is 0 Å². The van der Waals surface area contributed by atoms with Crippen LogP contribution in [0.1, 0.15) is 10.5 Å². The van der Waals surface area contributed by atoms with E-state index in [-0.39, 0.29) is 0 Å². The van der Waals surface area contributed by atoms with E-state index in [0.717, 1.165) is 27.3 Å². The van der Waals surface area contributed by atoms with E-state index in [1.165, 1.54) is 0 Å². The van der Waals surface area contributed by atoms with Crippen LogP contribution in [0, 0.1) is 0 Å². The van der Waals surface area contributed by atoms with Gasteiger partial charge in [-0.1, -0.05) is 65.4 Å². The number of rotatable bonds is 3. The van der Waals surface area contributed by atoms with Crippen LogP contribution in [0.5, 0.6) is 0 Å². The molecule has 112 valence electrons. The van der Waals surface area contributed by atoms with Crippen molar-refractivity contribution in [1.29, 1.82) is 0 Å². The van der Waals surface area contributed by atoms with E-state index in [9.17, 15) is 4.79 Å². The molecule has 2 heterocycles. The van der Waals surface area contributed by atoms with Gasteiger partial charge in [-0.2, -0.15) is 0 Å². The number of carbonyl (C=O) groups excluding carboxylic acids is 1. The molecule has 4 rings (SSSR count). The van der Waals surface area contributed by atoms with Crippen molar-refractivity contribution in [3.8, 4) is 21.7 Å². The quantitative estimate of drug-likeness (QED) is 0.481. The van der Waals surface area contributed by atoms with Crippen molar-refractivity contribution in [2.45, 2.75) is 0 Å². The average molecular weight is 339 g/mol. The second-order valence-corrected chi connectivity index (χ2v) is 6.53. The summed E-state index contributed by atoms with van der Waals surface area (Å²) in [5, 5.41) is 0.661. The molecule has 3 nitrogen and oxygen atoms in total. The largest absolute Gasteiger partial charge is 0.296 e. The first-order valence-electron chi connectivity index (χ1n) is 7.04. The zero-order chi connectivity index (χ0) is 15.8. The van der Waals surface area contributed by atoms with Crippen LogP contribution in [0.2, 0.25) is 5.02 Å². The Hall–Kier alpha value is -2.43. The maximum Gasteiger partial charge on any atom is 0.195 e. The van der Waals surface area contributed by atoms with Gasteiger partial charge in [0.25, 0.3) is 0 Å². The summed E-state index contributed by atoms with van der Waals surface area (Å²) in [6.45, 7) is 0. The van der Waals surface area contributed by atoms with Gasteiger partial charge < -0.3 is 0 Å². The van der Waals surface area contributed by atoms with Crippen LogP contribution < -0.4 is 0 Å². The lowest BCUT2D eigenvalue weighted by Gasteiger charge is -1.99. The van der Waals surface area contributed by atoms with Crippen molar-refractivity contribution in [3.05, 3.63) is 71.5 Å². The number of hydrogen-bond donors (Lipinski definition) is 0. The zero-order valence-electron chi connectivity index (χ0n) is 11.9. The summed E-state index contributed by atoms with van der Waals surface area (Å²) in [6.07, 6.45) is 2.82. The highest BCUT2D eigenvalue weighted by molar-refractivity contribution is 7.20. The molecular formula is C18H11ClN2OS. The summed E-state index contributed by atoms with van der Waals surface area (Å²) in [7, 11) is 0. The van der Waals surface area contributed by atoms with Gasteiger partial charge in [-0.05, 0) is 17.7 Å². The third kappa shape index (κ3) is 2.46. The second kappa shape index (κ2) is 5.65. The normalized spacial score (nSPS) is 11.0. The minimum Gasteiger partial charge on any atom is -0.296 e. The molecular weight excluding hydrogens is 328 g/mol. The lowest BCUT2D eigenvalue weighted by Crippen LogP contribution is -1.90. The Labute approximate surface area is 141 Å². The van der Waals surface area contributed by atoms with Gasteiger partial charge in [-0.3, -0.25) is 9.20 Å². The fourth-order valence-electron chi connectivity index (χ4n) is 2.53. The molecule has 5 heteroatoms. The van der Waals surface area contributed by atoms with Crippen molar-refractivity contribution in [2.24, 2.45) is 0 Å². The van der Waals surface area contributed by atoms with Crippen molar-refractivity contribution < 1.29 is 4.79 Å². The first-order valence-corrected chi connectivity index (χ1v) is 8.24. The highest BCUT2D eigenvalue weighted by atomic mass is 35.5. The molecule has 0 saturated carbocycles. The van der Waals surface area contributed by atoms with Gasteiger partial charge in [-0.25, -0.2) is 4.98 Å². The molecule has 0 spiro atoms. The molecule has 0 radical (unpaired) electrons. The van der Waals surface area contributed by atoms with Gasteiger partial charge in [0, 0.05) is 16.8 Å². The first kappa shape index (κ1) is 14.2. The van der Waals surface area contributed by atoms with E-state index in [4.69, 9.17) is 11.6 Å². The van der Waals surface area contributed by atoms with Crippen LogP contribution in [0.4, 0.5) is 0 Å². The highest BCUT2D eigenvalue weighted by Crippen LogP contribution is 2.32. The van der Waals surface area contributed by atoms with E-state index >= 15 is 0 Å². The lowest BCUT2D eigenvalue weighted by molar-refractivity contribution is 0.111. The molecule has 0 aliphatic heterocycles. The van der Waals surface area contributed by atoms with E-state index in [1.54, 1.807) is 23.5 Å². The smallest absolute Gasteiger partial charge is 0.195 e. The summed E-state index contributed by atoms with van der Waals surface area (Å²) in [5.41, 5.74) is 3.24. The van der Waals surface area contributed by atoms with E-state index < -0.39 is 0 Å². The summed E-state index contributed by atoms with van der Waals surface area (Å²) in [4.78, 5) is 18.1. The molecule has 23 heavy (non-hydrogen) atoms. The SMILES string of the molecule is O=Cc1c(-c2ccc(Cl)cc2)nc2sc(-c3ccccc3)cn12. The van der Waals surface area contributed by atoms with Crippen LogP contribution in [0.25, 0.3) is 26.7 Å². The predicted molar refractivity (Wildman–Crippen MR) is 94.3 cm³/mol. The van der Waals surface area contributed by atoms with Gasteiger partial charge in [-0.15, -0.1) is 0 Å². The van der Waals surface area contributed by atoms with Crippen LogP contribution >= 0.6 is 22.9 Å².